The lowest BCUT2D eigenvalue weighted by atomic mass is 9.74. The van der Waals surface area contributed by atoms with Crippen molar-refractivity contribution in [2.24, 2.45) is 11.8 Å². The number of methoxy groups -OCH3 is 1. The normalized spacial score (nSPS) is 19.4. The summed E-state index contributed by atoms with van der Waals surface area (Å²) in [5.74, 6) is 0.506. The molecule has 2 amide bonds. The van der Waals surface area contributed by atoms with Crippen LogP contribution in [0.15, 0.2) is 29.6 Å². The number of carbonyl (C=O) groups is 1. The van der Waals surface area contributed by atoms with E-state index < -0.39 is 5.60 Å². The molecule has 190 valence electrons. The molecule has 0 bridgehead atoms. The van der Waals surface area contributed by atoms with E-state index in [2.05, 4.69) is 48.1 Å². The molecule has 3 rings (SSSR count). The van der Waals surface area contributed by atoms with Crippen molar-refractivity contribution in [1.82, 2.24) is 15.5 Å². The van der Waals surface area contributed by atoms with Crippen LogP contribution >= 0.6 is 11.3 Å². The van der Waals surface area contributed by atoms with Gasteiger partial charge < -0.3 is 25.4 Å². The van der Waals surface area contributed by atoms with Gasteiger partial charge >= 0.3 is 6.03 Å². The quantitative estimate of drug-likeness (QED) is 0.368. The van der Waals surface area contributed by atoms with E-state index in [0.29, 0.717) is 25.5 Å². The van der Waals surface area contributed by atoms with Gasteiger partial charge in [0.2, 0.25) is 0 Å². The van der Waals surface area contributed by atoms with Crippen molar-refractivity contribution in [3.63, 3.8) is 0 Å². The average Bonchev–Trinajstić information content (AvgIpc) is 3.30. The monoisotopic (exact) mass is 489 g/mol. The number of hydrogen-bond donors (Lipinski definition) is 3. The van der Waals surface area contributed by atoms with Gasteiger partial charge in [0, 0.05) is 55.6 Å². The Labute approximate surface area is 209 Å². The molecular weight excluding hydrogens is 446 g/mol. The van der Waals surface area contributed by atoms with E-state index in [9.17, 15) is 9.90 Å². The summed E-state index contributed by atoms with van der Waals surface area (Å²) in [6.07, 6.45) is 5.22. The third-order valence-corrected chi connectivity index (χ3v) is 7.98. The highest BCUT2D eigenvalue weighted by Crippen LogP contribution is 2.43. The zero-order chi connectivity index (χ0) is 24.6. The number of thiophene rings is 1. The summed E-state index contributed by atoms with van der Waals surface area (Å²) in [6, 6.07) is 8.45. The largest absolute Gasteiger partial charge is 0.385 e. The minimum Gasteiger partial charge on any atom is -0.385 e. The second-order valence-electron chi connectivity index (χ2n) is 10.1. The number of nitrogens with zero attached hydrogens (tertiary/aromatic N) is 1. The fourth-order valence-electron chi connectivity index (χ4n) is 5.36. The van der Waals surface area contributed by atoms with Crippen LogP contribution in [-0.2, 0) is 10.3 Å². The van der Waals surface area contributed by atoms with Crippen molar-refractivity contribution in [3.8, 4) is 0 Å². The van der Waals surface area contributed by atoms with Crippen LogP contribution in [0.3, 0.4) is 0 Å². The van der Waals surface area contributed by atoms with Gasteiger partial charge in [0.25, 0.3) is 0 Å². The van der Waals surface area contributed by atoms with Gasteiger partial charge in [0.1, 0.15) is 0 Å². The number of benzene rings is 1. The molecular formula is C27H43N3O3S. The summed E-state index contributed by atoms with van der Waals surface area (Å²) in [7, 11) is 3.64. The number of hydrogen-bond acceptors (Lipinski definition) is 5. The number of fused-ring (bicyclic) bond motifs is 1. The summed E-state index contributed by atoms with van der Waals surface area (Å²) in [4.78, 5) is 15.2. The zero-order valence-electron chi connectivity index (χ0n) is 21.3. The molecule has 0 aliphatic carbocycles. The first-order valence-corrected chi connectivity index (χ1v) is 13.6. The number of likely N-dealkylation sites (tertiary alicyclic amines) is 1. The molecule has 7 heteroatoms. The molecule has 2 aromatic rings. The van der Waals surface area contributed by atoms with Gasteiger partial charge in [-0.05, 0) is 68.3 Å². The molecule has 3 N–H and O–H groups in total. The molecule has 0 radical (unpaired) electrons. The highest BCUT2D eigenvalue weighted by Gasteiger charge is 2.42. The Bertz CT molecular complexity index is 902. The Morgan fingerprint density at radius 1 is 1.32 bits per heavy atom. The molecule has 34 heavy (non-hydrogen) atoms. The summed E-state index contributed by atoms with van der Waals surface area (Å²) in [5, 5.41) is 22.0. The second kappa shape index (κ2) is 12.9. The van der Waals surface area contributed by atoms with E-state index in [1.165, 1.54) is 5.39 Å². The number of unbranched alkanes of at least 4 members (excludes halogenated alkanes) is 1. The van der Waals surface area contributed by atoms with Crippen LogP contribution in [0.25, 0.3) is 10.1 Å². The van der Waals surface area contributed by atoms with Gasteiger partial charge in [-0.25, -0.2) is 4.79 Å². The Hall–Kier alpha value is -1.67. The number of ether oxygens (including phenoxy) is 1. The minimum absolute atomic E-state index is 0.00454. The lowest BCUT2D eigenvalue weighted by Gasteiger charge is -2.43. The Morgan fingerprint density at radius 3 is 2.88 bits per heavy atom. The molecule has 1 unspecified atom stereocenters. The molecule has 1 aliphatic rings. The first-order chi connectivity index (χ1) is 16.4. The predicted octanol–water partition coefficient (Wildman–Crippen LogP) is 4.96. The van der Waals surface area contributed by atoms with Gasteiger partial charge in [-0.15, -0.1) is 11.3 Å². The van der Waals surface area contributed by atoms with Crippen molar-refractivity contribution in [3.05, 3.63) is 35.2 Å². The lowest BCUT2D eigenvalue weighted by Crippen LogP contribution is -2.53. The minimum atomic E-state index is -0.973. The molecule has 1 saturated heterocycles. The molecule has 3 atom stereocenters. The Kier molecular flexibility index (Phi) is 10.2. The van der Waals surface area contributed by atoms with Crippen molar-refractivity contribution in [2.45, 2.75) is 64.0 Å². The summed E-state index contributed by atoms with van der Waals surface area (Å²) < 4.78 is 6.41. The van der Waals surface area contributed by atoms with Crippen molar-refractivity contribution in [2.75, 3.05) is 40.4 Å². The number of aliphatic hydroxyl groups is 1. The first kappa shape index (κ1) is 26.9. The van der Waals surface area contributed by atoms with Crippen LogP contribution < -0.4 is 10.6 Å². The second-order valence-corrected chi connectivity index (χ2v) is 11.1. The SMILES string of the molecule is CNCC(CC(C)C)NC(=O)N1CCC[C@@H]([C@@](O)(CCCCOC)c2cccc3ccsc23)C1. The highest BCUT2D eigenvalue weighted by molar-refractivity contribution is 7.17. The van der Waals surface area contributed by atoms with E-state index in [4.69, 9.17) is 4.74 Å². The van der Waals surface area contributed by atoms with Gasteiger partial charge in [0.15, 0.2) is 0 Å². The number of amides is 2. The third kappa shape index (κ3) is 6.72. The van der Waals surface area contributed by atoms with Crippen LogP contribution in [0.1, 0.15) is 57.9 Å². The smallest absolute Gasteiger partial charge is 0.317 e. The topological polar surface area (TPSA) is 73.8 Å². The van der Waals surface area contributed by atoms with Crippen LogP contribution in [0, 0.1) is 11.8 Å². The Morgan fingerprint density at radius 2 is 2.15 bits per heavy atom. The van der Waals surface area contributed by atoms with Crippen LogP contribution in [-0.4, -0.2) is 62.5 Å². The average molecular weight is 490 g/mol. The van der Waals surface area contributed by atoms with E-state index >= 15 is 0 Å². The van der Waals surface area contributed by atoms with Crippen LogP contribution in [0.4, 0.5) is 4.79 Å². The molecule has 0 saturated carbocycles. The number of piperidine rings is 1. The van der Waals surface area contributed by atoms with E-state index in [-0.39, 0.29) is 18.0 Å². The zero-order valence-corrected chi connectivity index (χ0v) is 22.1. The van der Waals surface area contributed by atoms with Crippen LogP contribution in [0.5, 0.6) is 0 Å². The standard InChI is InChI=1S/C27H43N3O3S/c1-20(2)17-23(18-28-3)29-26(31)30-14-8-10-22(19-30)27(32,13-5-6-15-33-4)24-11-7-9-21-12-16-34-25(21)24/h7,9,11-12,16,20,22-23,28,32H,5-6,8,10,13-15,17-19H2,1-4H3,(H,29,31)/t22-,23?,27+/m1/s1. The van der Waals surface area contributed by atoms with E-state index in [1.807, 2.05) is 18.0 Å². The van der Waals surface area contributed by atoms with Gasteiger partial charge in [-0.2, -0.15) is 0 Å². The summed E-state index contributed by atoms with van der Waals surface area (Å²) in [6.45, 7) is 7.12. The number of urea groups is 1. The van der Waals surface area contributed by atoms with Crippen molar-refractivity contribution < 1.29 is 14.6 Å². The number of carbonyl (C=O) groups excluding carboxylic acids is 1. The lowest BCUT2D eigenvalue weighted by molar-refractivity contribution is -0.0551. The predicted molar refractivity (Wildman–Crippen MR) is 141 cm³/mol. The van der Waals surface area contributed by atoms with Crippen LogP contribution in [0.2, 0.25) is 0 Å². The van der Waals surface area contributed by atoms with E-state index in [1.54, 1.807) is 18.4 Å². The van der Waals surface area contributed by atoms with Gasteiger partial charge in [0.05, 0.1) is 5.60 Å². The fraction of sp³-hybridized carbons (Fsp3) is 0.667. The fourth-order valence-corrected chi connectivity index (χ4v) is 6.35. The maximum Gasteiger partial charge on any atom is 0.317 e. The highest BCUT2D eigenvalue weighted by atomic mass is 32.1. The third-order valence-electron chi connectivity index (χ3n) is 7.02. The summed E-state index contributed by atoms with van der Waals surface area (Å²) in [5.41, 5.74) is 0.0388. The molecule has 1 aromatic carbocycles. The maximum absolute atomic E-state index is 13.2. The number of nitrogens with one attached hydrogen (secondary N) is 2. The first-order valence-electron chi connectivity index (χ1n) is 12.8. The molecule has 0 spiro atoms. The maximum atomic E-state index is 13.2. The molecule has 6 nitrogen and oxygen atoms in total. The molecule has 1 aliphatic heterocycles. The molecule has 2 heterocycles. The van der Waals surface area contributed by atoms with Gasteiger partial charge in [-0.1, -0.05) is 32.0 Å². The summed E-state index contributed by atoms with van der Waals surface area (Å²) >= 11 is 1.69. The molecule has 1 fully saturated rings. The number of likely N-dealkylation sites (N-methyl/N-ethyl adjacent to an activating group) is 1. The Balaban J connectivity index is 1.80. The van der Waals surface area contributed by atoms with Crippen molar-refractivity contribution in [1.29, 1.82) is 0 Å². The van der Waals surface area contributed by atoms with Crippen molar-refractivity contribution >= 4 is 27.5 Å². The van der Waals surface area contributed by atoms with E-state index in [0.717, 1.165) is 55.5 Å². The van der Waals surface area contributed by atoms with Gasteiger partial charge in [-0.3, -0.25) is 0 Å². The number of rotatable bonds is 12. The molecule has 1 aromatic heterocycles.